The quantitative estimate of drug-likeness (QED) is 0.612. The van der Waals surface area contributed by atoms with Gasteiger partial charge in [0.05, 0.1) is 11.5 Å². The third kappa shape index (κ3) is 6.41. The van der Waals surface area contributed by atoms with Crippen LogP contribution in [-0.2, 0) is 9.59 Å². The number of hydrogen-bond acceptors (Lipinski definition) is 4. The molecule has 0 saturated carbocycles. The van der Waals surface area contributed by atoms with E-state index in [0.717, 1.165) is 30.6 Å². The van der Waals surface area contributed by atoms with Crippen molar-refractivity contribution in [3.05, 3.63) is 59.7 Å². The number of amides is 3. The molecular formula is C28H38N4O3. The molecule has 1 N–H and O–H groups in total. The normalized spacial score (nSPS) is 14.7. The van der Waals surface area contributed by atoms with E-state index in [1.54, 1.807) is 11.0 Å². The lowest BCUT2D eigenvalue weighted by Crippen LogP contribution is -2.38. The van der Waals surface area contributed by atoms with Crippen molar-refractivity contribution in [2.24, 2.45) is 0 Å². The van der Waals surface area contributed by atoms with Crippen molar-refractivity contribution in [1.82, 2.24) is 9.80 Å². The number of nitrogens with zero attached hydrogens (tertiary/aromatic N) is 3. The lowest BCUT2D eigenvalue weighted by atomic mass is 9.95. The molecule has 0 unspecified atom stereocenters. The first-order chi connectivity index (χ1) is 16.9. The van der Waals surface area contributed by atoms with Crippen molar-refractivity contribution in [2.75, 3.05) is 49.5 Å². The van der Waals surface area contributed by atoms with E-state index in [1.807, 2.05) is 61.2 Å². The van der Waals surface area contributed by atoms with Crippen LogP contribution in [0.25, 0.3) is 0 Å². The maximum Gasteiger partial charge on any atom is 0.256 e. The second-order valence-electron chi connectivity index (χ2n) is 8.93. The van der Waals surface area contributed by atoms with E-state index in [2.05, 4.69) is 17.1 Å². The van der Waals surface area contributed by atoms with E-state index in [1.165, 1.54) is 6.92 Å². The average Bonchev–Trinajstić information content (AvgIpc) is 3.12. The number of carbonyl (C=O) groups is 3. The Hall–Kier alpha value is -3.35. The van der Waals surface area contributed by atoms with Crippen molar-refractivity contribution in [3.63, 3.8) is 0 Å². The molecule has 1 heterocycles. The number of benzene rings is 2. The van der Waals surface area contributed by atoms with Crippen LogP contribution in [0, 0.1) is 0 Å². The van der Waals surface area contributed by atoms with Crippen molar-refractivity contribution in [2.45, 2.75) is 46.5 Å². The summed E-state index contributed by atoms with van der Waals surface area (Å²) in [5, 5.41) is 2.79. The van der Waals surface area contributed by atoms with E-state index in [9.17, 15) is 14.4 Å². The first-order valence-corrected chi connectivity index (χ1v) is 12.7. The minimum absolute atomic E-state index is 0.0514. The van der Waals surface area contributed by atoms with Crippen LogP contribution < -0.4 is 10.2 Å². The van der Waals surface area contributed by atoms with Crippen LogP contribution in [0.2, 0.25) is 0 Å². The molecule has 1 aliphatic heterocycles. The molecule has 1 aliphatic rings. The van der Waals surface area contributed by atoms with Crippen LogP contribution in [-0.4, -0.2) is 66.8 Å². The number of rotatable bonds is 8. The second-order valence-corrected chi connectivity index (χ2v) is 8.93. The minimum atomic E-state index is -0.174. The first kappa shape index (κ1) is 26.3. The summed E-state index contributed by atoms with van der Waals surface area (Å²) in [6, 6.07) is 15.5. The summed E-state index contributed by atoms with van der Waals surface area (Å²) in [5.41, 5.74) is 3.09. The monoisotopic (exact) mass is 478 g/mol. The molecule has 7 heteroatoms. The summed E-state index contributed by atoms with van der Waals surface area (Å²) in [6.45, 7) is 11.4. The third-order valence-electron chi connectivity index (χ3n) is 6.65. The predicted molar refractivity (Wildman–Crippen MR) is 141 cm³/mol. The van der Waals surface area contributed by atoms with Crippen molar-refractivity contribution < 1.29 is 14.4 Å². The van der Waals surface area contributed by atoms with Gasteiger partial charge >= 0.3 is 0 Å². The third-order valence-corrected chi connectivity index (χ3v) is 6.65. The number of carbonyl (C=O) groups excluding carboxylic acids is 3. The van der Waals surface area contributed by atoms with Crippen molar-refractivity contribution >= 4 is 29.1 Å². The highest BCUT2D eigenvalue weighted by Crippen LogP contribution is 2.28. The standard InChI is InChI=1S/C28H38N4O3/c1-5-24(22-12-9-8-10-13-22)27(34)32-17-11-16-31(18-19-32)26-15-14-23(29-21(4)33)20-25(26)28(35)30(6-2)7-3/h8-10,12-15,20,24H,5-7,11,16-19H2,1-4H3,(H,29,33)/t24-/m0/s1. The Labute approximate surface area is 209 Å². The van der Waals surface area contributed by atoms with Gasteiger partial charge in [0.25, 0.3) is 5.91 Å². The molecule has 0 radical (unpaired) electrons. The van der Waals surface area contributed by atoms with E-state index >= 15 is 0 Å². The molecule has 3 rings (SSSR count). The Kier molecular flexibility index (Phi) is 9.29. The molecule has 0 bridgehead atoms. The fraction of sp³-hybridized carbons (Fsp3) is 0.464. The lowest BCUT2D eigenvalue weighted by molar-refractivity contribution is -0.132. The zero-order chi connectivity index (χ0) is 25.4. The van der Waals surface area contributed by atoms with Gasteiger partial charge in [-0.3, -0.25) is 14.4 Å². The molecule has 188 valence electrons. The highest BCUT2D eigenvalue weighted by Gasteiger charge is 2.28. The van der Waals surface area contributed by atoms with Gasteiger partial charge in [0.2, 0.25) is 11.8 Å². The van der Waals surface area contributed by atoms with Gasteiger partial charge in [-0.25, -0.2) is 0 Å². The molecule has 3 amide bonds. The summed E-state index contributed by atoms with van der Waals surface area (Å²) >= 11 is 0. The Morgan fingerprint density at radius 3 is 2.29 bits per heavy atom. The van der Waals surface area contributed by atoms with Gasteiger partial charge in [0.15, 0.2) is 0 Å². The van der Waals surface area contributed by atoms with Crippen LogP contribution in [0.4, 0.5) is 11.4 Å². The zero-order valence-electron chi connectivity index (χ0n) is 21.4. The maximum absolute atomic E-state index is 13.4. The number of hydrogen-bond donors (Lipinski definition) is 1. The van der Waals surface area contributed by atoms with E-state index in [0.29, 0.717) is 44.0 Å². The smallest absolute Gasteiger partial charge is 0.256 e. The van der Waals surface area contributed by atoms with Gasteiger partial charge in [0, 0.05) is 57.6 Å². The minimum Gasteiger partial charge on any atom is -0.369 e. The molecule has 0 aromatic heterocycles. The topological polar surface area (TPSA) is 73.0 Å². The highest BCUT2D eigenvalue weighted by atomic mass is 16.2. The number of nitrogens with one attached hydrogen (secondary N) is 1. The fourth-order valence-corrected chi connectivity index (χ4v) is 4.78. The Bertz CT molecular complexity index is 1020. The van der Waals surface area contributed by atoms with Gasteiger partial charge in [-0.2, -0.15) is 0 Å². The summed E-state index contributed by atoms with van der Waals surface area (Å²) in [7, 11) is 0. The molecule has 1 atom stereocenters. The van der Waals surface area contributed by atoms with Gasteiger partial charge in [0.1, 0.15) is 0 Å². The zero-order valence-corrected chi connectivity index (χ0v) is 21.4. The molecule has 1 fully saturated rings. The SMILES string of the molecule is CC[C@H](C(=O)N1CCCN(c2ccc(NC(C)=O)cc2C(=O)N(CC)CC)CC1)c1ccccc1. The number of anilines is 2. The molecule has 7 nitrogen and oxygen atoms in total. The van der Waals surface area contributed by atoms with E-state index in [-0.39, 0.29) is 23.6 Å². The van der Waals surface area contributed by atoms with Gasteiger partial charge < -0.3 is 20.0 Å². The summed E-state index contributed by atoms with van der Waals surface area (Å²) in [6.07, 6.45) is 1.58. The van der Waals surface area contributed by atoms with Gasteiger partial charge in [-0.05, 0) is 50.5 Å². The van der Waals surface area contributed by atoms with E-state index < -0.39 is 0 Å². The predicted octanol–water partition coefficient (Wildman–Crippen LogP) is 4.36. The van der Waals surface area contributed by atoms with Crippen molar-refractivity contribution in [1.29, 1.82) is 0 Å². The summed E-state index contributed by atoms with van der Waals surface area (Å²) < 4.78 is 0. The largest absolute Gasteiger partial charge is 0.369 e. The Morgan fingerprint density at radius 1 is 0.943 bits per heavy atom. The Morgan fingerprint density at radius 2 is 1.66 bits per heavy atom. The summed E-state index contributed by atoms with van der Waals surface area (Å²) in [5.74, 6) is -0.197. The average molecular weight is 479 g/mol. The lowest BCUT2D eigenvalue weighted by Gasteiger charge is -2.29. The van der Waals surface area contributed by atoms with E-state index in [4.69, 9.17) is 0 Å². The second kappa shape index (κ2) is 12.4. The van der Waals surface area contributed by atoms with Crippen LogP contribution in [0.15, 0.2) is 48.5 Å². The van der Waals surface area contributed by atoms with Crippen LogP contribution in [0.3, 0.4) is 0 Å². The fourth-order valence-electron chi connectivity index (χ4n) is 4.78. The first-order valence-electron chi connectivity index (χ1n) is 12.7. The molecule has 35 heavy (non-hydrogen) atoms. The van der Waals surface area contributed by atoms with Crippen LogP contribution in [0.5, 0.6) is 0 Å². The molecule has 2 aromatic rings. The molecular weight excluding hydrogens is 440 g/mol. The van der Waals surface area contributed by atoms with Crippen LogP contribution in [0.1, 0.15) is 62.4 Å². The maximum atomic E-state index is 13.4. The Balaban J connectivity index is 1.83. The van der Waals surface area contributed by atoms with Gasteiger partial charge in [-0.15, -0.1) is 0 Å². The molecule has 2 aromatic carbocycles. The molecule has 1 saturated heterocycles. The summed E-state index contributed by atoms with van der Waals surface area (Å²) in [4.78, 5) is 44.4. The highest BCUT2D eigenvalue weighted by molar-refractivity contribution is 6.02. The van der Waals surface area contributed by atoms with Crippen LogP contribution >= 0.6 is 0 Å². The molecule has 0 spiro atoms. The molecule has 0 aliphatic carbocycles. The van der Waals surface area contributed by atoms with Gasteiger partial charge in [-0.1, -0.05) is 37.3 Å². The van der Waals surface area contributed by atoms with Crippen molar-refractivity contribution in [3.8, 4) is 0 Å².